The molecular formula is C15H28N6O. The molecule has 1 saturated heterocycles. The predicted octanol–water partition coefficient (Wildman–Crippen LogP) is 1.04. The SMILES string of the molecule is CCCCN(C)c1ncnc(NCCN2CCOCC2)c1N. The van der Waals surface area contributed by atoms with Crippen molar-refractivity contribution in [3.05, 3.63) is 6.33 Å². The van der Waals surface area contributed by atoms with E-state index in [0.717, 1.165) is 70.4 Å². The second-order valence-electron chi connectivity index (χ2n) is 5.62. The van der Waals surface area contributed by atoms with Gasteiger partial charge in [0.1, 0.15) is 12.0 Å². The maximum Gasteiger partial charge on any atom is 0.157 e. The van der Waals surface area contributed by atoms with Crippen molar-refractivity contribution in [2.75, 3.05) is 68.9 Å². The van der Waals surface area contributed by atoms with Gasteiger partial charge in [0.05, 0.1) is 13.2 Å². The van der Waals surface area contributed by atoms with Gasteiger partial charge < -0.3 is 20.7 Å². The number of aromatic nitrogens is 2. The number of nitrogens with one attached hydrogen (secondary N) is 1. The van der Waals surface area contributed by atoms with Gasteiger partial charge in [0, 0.05) is 39.8 Å². The quantitative estimate of drug-likeness (QED) is 0.742. The lowest BCUT2D eigenvalue weighted by molar-refractivity contribution is 0.0398. The Bertz CT molecular complexity index is 450. The van der Waals surface area contributed by atoms with Crippen molar-refractivity contribution in [3.8, 4) is 0 Å². The van der Waals surface area contributed by atoms with Crippen molar-refractivity contribution in [1.82, 2.24) is 14.9 Å². The van der Waals surface area contributed by atoms with Gasteiger partial charge in [0.2, 0.25) is 0 Å². The maximum absolute atomic E-state index is 6.21. The van der Waals surface area contributed by atoms with E-state index in [-0.39, 0.29) is 0 Å². The van der Waals surface area contributed by atoms with Crippen LogP contribution in [0, 0.1) is 0 Å². The molecule has 0 saturated carbocycles. The summed E-state index contributed by atoms with van der Waals surface area (Å²) in [4.78, 5) is 13.0. The van der Waals surface area contributed by atoms with Gasteiger partial charge in [-0.25, -0.2) is 9.97 Å². The molecule has 0 aliphatic carbocycles. The summed E-state index contributed by atoms with van der Waals surface area (Å²) in [7, 11) is 2.02. The van der Waals surface area contributed by atoms with Gasteiger partial charge in [0.25, 0.3) is 0 Å². The number of nitrogens with two attached hydrogens (primary N) is 1. The third-order valence-electron chi connectivity index (χ3n) is 3.90. The molecule has 0 aromatic carbocycles. The highest BCUT2D eigenvalue weighted by Gasteiger charge is 2.13. The highest BCUT2D eigenvalue weighted by Crippen LogP contribution is 2.25. The van der Waals surface area contributed by atoms with Crippen LogP contribution >= 0.6 is 0 Å². The Balaban J connectivity index is 1.87. The van der Waals surface area contributed by atoms with Crippen LogP contribution in [0.1, 0.15) is 19.8 Å². The van der Waals surface area contributed by atoms with E-state index in [1.54, 1.807) is 6.33 Å². The zero-order valence-electron chi connectivity index (χ0n) is 13.7. The molecule has 22 heavy (non-hydrogen) atoms. The van der Waals surface area contributed by atoms with Gasteiger partial charge in [-0.15, -0.1) is 0 Å². The van der Waals surface area contributed by atoms with E-state index >= 15 is 0 Å². The molecule has 0 unspecified atom stereocenters. The number of nitrogens with zero attached hydrogens (tertiary/aromatic N) is 4. The fraction of sp³-hybridized carbons (Fsp3) is 0.733. The molecule has 2 rings (SSSR count). The van der Waals surface area contributed by atoms with Gasteiger partial charge in [-0.3, -0.25) is 4.90 Å². The molecule has 0 atom stereocenters. The van der Waals surface area contributed by atoms with Crippen LogP contribution in [0.3, 0.4) is 0 Å². The Morgan fingerprint density at radius 2 is 2.14 bits per heavy atom. The molecule has 3 N–H and O–H groups in total. The van der Waals surface area contributed by atoms with Crippen LogP contribution in [-0.4, -0.2) is 67.9 Å². The van der Waals surface area contributed by atoms with Crippen molar-refractivity contribution in [2.45, 2.75) is 19.8 Å². The highest BCUT2D eigenvalue weighted by molar-refractivity contribution is 5.74. The van der Waals surface area contributed by atoms with Crippen molar-refractivity contribution in [2.24, 2.45) is 0 Å². The van der Waals surface area contributed by atoms with Gasteiger partial charge in [-0.05, 0) is 6.42 Å². The van der Waals surface area contributed by atoms with Crippen LogP contribution in [0.15, 0.2) is 6.33 Å². The van der Waals surface area contributed by atoms with Crippen molar-refractivity contribution < 1.29 is 4.74 Å². The van der Waals surface area contributed by atoms with Crippen molar-refractivity contribution in [3.63, 3.8) is 0 Å². The van der Waals surface area contributed by atoms with E-state index in [2.05, 4.69) is 32.0 Å². The lowest BCUT2D eigenvalue weighted by atomic mass is 10.3. The smallest absolute Gasteiger partial charge is 0.157 e. The summed E-state index contributed by atoms with van der Waals surface area (Å²) < 4.78 is 5.35. The molecule has 1 aliphatic heterocycles. The minimum atomic E-state index is 0.628. The van der Waals surface area contributed by atoms with E-state index in [0.29, 0.717) is 5.69 Å². The molecule has 0 bridgehead atoms. The molecule has 1 aromatic heterocycles. The third kappa shape index (κ3) is 4.71. The highest BCUT2D eigenvalue weighted by atomic mass is 16.5. The second-order valence-corrected chi connectivity index (χ2v) is 5.62. The number of morpholine rings is 1. The number of nitrogen functional groups attached to an aromatic ring is 1. The monoisotopic (exact) mass is 308 g/mol. The van der Waals surface area contributed by atoms with Crippen LogP contribution in [0.4, 0.5) is 17.3 Å². The first kappa shape index (κ1) is 16.8. The summed E-state index contributed by atoms with van der Waals surface area (Å²) >= 11 is 0. The summed E-state index contributed by atoms with van der Waals surface area (Å²) in [5, 5.41) is 3.33. The van der Waals surface area contributed by atoms with Crippen LogP contribution in [0.25, 0.3) is 0 Å². The molecule has 7 heteroatoms. The lowest BCUT2D eigenvalue weighted by Crippen LogP contribution is -2.39. The van der Waals surface area contributed by atoms with Crippen molar-refractivity contribution in [1.29, 1.82) is 0 Å². The number of unbranched alkanes of at least 4 members (excludes halogenated alkanes) is 1. The average molecular weight is 308 g/mol. The number of anilines is 3. The van der Waals surface area contributed by atoms with Crippen LogP contribution in [0.5, 0.6) is 0 Å². The van der Waals surface area contributed by atoms with Gasteiger partial charge in [0.15, 0.2) is 11.6 Å². The van der Waals surface area contributed by atoms with Crippen LogP contribution in [-0.2, 0) is 4.74 Å². The molecule has 1 aromatic rings. The molecule has 0 spiro atoms. The average Bonchev–Trinajstić information content (AvgIpc) is 2.55. The number of hydrogen-bond acceptors (Lipinski definition) is 7. The Hall–Kier alpha value is -1.60. The molecule has 1 fully saturated rings. The Kier molecular flexibility index (Phi) is 6.67. The predicted molar refractivity (Wildman–Crippen MR) is 90.4 cm³/mol. The van der Waals surface area contributed by atoms with Gasteiger partial charge in [-0.2, -0.15) is 0 Å². The maximum atomic E-state index is 6.21. The van der Waals surface area contributed by atoms with Gasteiger partial charge >= 0.3 is 0 Å². The van der Waals surface area contributed by atoms with E-state index in [1.165, 1.54) is 0 Å². The Morgan fingerprint density at radius 3 is 2.86 bits per heavy atom. The molecule has 124 valence electrons. The molecular weight excluding hydrogens is 280 g/mol. The first-order valence-corrected chi connectivity index (χ1v) is 8.08. The van der Waals surface area contributed by atoms with Gasteiger partial charge in [-0.1, -0.05) is 13.3 Å². The van der Waals surface area contributed by atoms with E-state index in [1.807, 2.05) is 7.05 Å². The topological polar surface area (TPSA) is 79.5 Å². The van der Waals surface area contributed by atoms with Crippen molar-refractivity contribution >= 4 is 17.3 Å². The number of rotatable bonds is 8. The fourth-order valence-corrected chi connectivity index (χ4v) is 2.49. The fourth-order valence-electron chi connectivity index (χ4n) is 2.49. The second kappa shape index (κ2) is 8.75. The Labute approximate surface area is 132 Å². The first-order chi connectivity index (χ1) is 10.7. The number of hydrogen-bond donors (Lipinski definition) is 2. The van der Waals surface area contributed by atoms with E-state index < -0.39 is 0 Å². The minimum Gasteiger partial charge on any atom is -0.393 e. The molecule has 7 nitrogen and oxygen atoms in total. The normalized spacial score (nSPS) is 15.7. The van der Waals surface area contributed by atoms with Crippen LogP contribution < -0.4 is 16.0 Å². The standard InChI is InChI=1S/C15H28N6O/c1-3-4-6-20(2)15-13(16)14(18-12-19-15)17-5-7-21-8-10-22-11-9-21/h12H,3-11,16H2,1-2H3,(H,17,18,19). The minimum absolute atomic E-state index is 0.628. The zero-order valence-corrected chi connectivity index (χ0v) is 13.7. The molecule has 2 heterocycles. The third-order valence-corrected chi connectivity index (χ3v) is 3.90. The largest absolute Gasteiger partial charge is 0.393 e. The lowest BCUT2D eigenvalue weighted by Gasteiger charge is -2.26. The van der Waals surface area contributed by atoms with Crippen LogP contribution in [0.2, 0.25) is 0 Å². The molecule has 0 radical (unpaired) electrons. The molecule has 1 aliphatic rings. The van der Waals surface area contributed by atoms with E-state index in [9.17, 15) is 0 Å². The first-order valence-electron chi connectivity index (χ1n) is 8.08. The summed E-state index contributed by atoms with van der Waals surface area (Å²) in [6.07, 6.45) is 3.85. The number of ether oxygens (including phenoxy) is 1. The summed E-state index contributed by atoms with van der Waals surface area (Å²) in [5.74, 6) is 1.53. The Morgan fingerprint density at radius 1 is 1.36 bits per heavy atom. The summed E-state index contributed by atoms with van der Waals surface area (Å²) in [5.41, 5.74) is 6.84. The van der Waals surface area contributed by atoms with E-state index in [4.69, 9.17) is 10.5 Å². The zero-order chi connectivity index (χ0) is 15.8. The summed E-state index contributed by atoms with van der Waals surface area (Å²) in [6.45, 7) is 8.54. The molecule has 0 amide bonds. The summed E-state index contributed by atoms with van der Waals surface area (Å²) in [6, 6.07) is 0.